The maximum absolute atomic E-state index is 12.4. The Hall–Kier alpha value is -3.55. The lowest BCUT2D eigenvalue weighted by atomic mass is 9.62. The molecular formula is C36H44N2O2. The number of amides is 1. The smallest absolute Gasteiger partial charge is 0.253 e. The fourth-order valence-corrected chi connectivity index (χ4v) is 5.50. The van der Waals surface area contributed by atoms with Crippen molar-refractivity contribution in [1.82, 2.24) is 4.90 Å². The second-order valence-electron chi connectivity index (χ2n) is 12.5. The lowest BCUT2D eigenvalue weighted by molar-refractivity contribution is 0.0802. The minimum Gasteiger partial charge on any atom is -0.384 e. The van der Waals surface area contributed by atoms with Gasteiger partial charge >= 0.3 is 0 Å². The zero-order valence-corrected chi connectivity index (χ0v) is 25.2. The van der Waals surface area contributed by atoms with Crippen LogP contribution < -0.4 is 5.32 Å². The first-order chi connectivity index (χ1) is 18.9. The molecule has 1 amide bonds. The summed E-state index contributed by atoms with van der Waals surface area (Å²) in [7, 11) is 1.79. The van der Waals surface area contributed by atoms with Gasteiger partial charge in [0, 0.05) is 37.0 Å². The molecule has 210 valence electrons. The predicted molar refractivity (Wildman–Crippen MR) is 166 cm³/mol. The van der Waals surface area contributed by atoms with Crippen molar-refractivity contribution >= 4 is 11.6 Å². The third-order valence-corrected chi connectivity index (χ3v) is 8.41. The summed E-state index contributed by atoms with van der Waals surface area (Å²) in [5.74, 6) is 6.15. The molecule has 3 aromatic rings. The van der Waals surface area contributed by atoms with Gasteiger partial charge in [0.25, 0.3) is 5.91 Å². The van der Waals surface area contributed by atoms with Gasteiger partial charge in [-0.3, -0.25) is 4.79 Å². The van der Waals surface area contributed by atoms with Crippen molar-refractivity contribution < 1.29 is 9.90 Å². The van der Waals surface area contributed by atoms with Crippen LogP contribution in [0.25, 0.3) is 0 Å². The van der Waals surface area contributed by atoms with Crippen LogP contribution in [0.2, 0.25) is 0 Å². The molecule has 4 rings (SSSR count). The van der Waals surface area contributed by atoms with Crippen LogP contribution in [0.1, 0.15) is 97.3 Å². The molecule has 0 fully saturated rings. The quantitative estimate of drug-likeness (QED) is 0.315. The molecule has 4 nitrogen and oxygen atoms in total. The molecule has 0 radical (unpaired) electrons. The van der Waals surface area contributed by atoms with E-state index in [4.69, 9.17) is 0 Å². The molecule has 1 aliphatic rings. The van der Waals surface area contributed by atoms with Gasteiger partial charge < -0.3 is 15.3 Å². The number of aliphatic hydroxyl groups is 1. The van der Waals surface area contributed by atoms with Gasteiger partial charge in [0.15, 0.2) is 0 Å². The topological polar surface area (TPSA) is 52.6 Å². The standard InChI is InChI=1S/C36H44N2O2/c1-8-38(7)34(40)28-16-13-26(14-17-28)15-18-32(39)29-23-30-33(36(5,6)21-20-35(30,3)4)31(24-29)37-22-19-27-11-9-25(2)10-12-27/h9-14,16-17,23-24,32,37,39H,8,19-22H2,1-7H3. The first-order valence-corrected chi connectivity index (χ1v) is 14.4. The minimum atomic E-state index is -0.920. The average molecular weight is 537 g/mol. The van der Waals surface area contributed by atoms with E-state index in [0.717, 1.165) is 42.6 Å². The number of hydrogen-bond acceptors (Lipinski definition) is 3. The van der Waals surface area contributed by atoms with Crippen LogP contribution in [-0.2, 0) is 17.3 Å². The molecule has 3 aromatic carbocycles. The lowest BCUT2D eigenvalue weighted by Crippen LogP contribution is -2.35. The molecule has 1 unspecified atom stereocenters. The molecule has 0 saturated heterocycles. The number of carbonyl (C=O) groups excluding carboxylic acids is 1. The number of nitrogens with one attached hydrogen (secondary N) is 1. The fraction of sp³-hybridized carbons (Fsp3) is 0.417. The number of hydrogen-bond donors (Lipinski definition) is 2. The molecule has 1 aliphatic carbocycles. The third kappa shape index (κ3) is 6.60. The molecule has 2 N–H and O–H groups in total. The molecule has 40 heavy (non-hydrogen) atoms. The van der Waals surface area contributed by atoms with Crippen molar-refractivity contribution in [3.63, 3.8) is 0 Å². The van der Waals surface area contributed by atoms with E-state index in [1.54, 1.807) is 24.1 Å². The Morgan fingerprint density at radius 1 is 1.00 bits per heavy atom. The van der Waals surface area contributed by atoms with E-state index in [9.17, 15) is 9.90 Å². The number of rotatable bonds is 7. The highest BCUT2D eigenvalue weighted by Gasteiger charge is 2.39. The largest absolute Gasteiger partial charge is 0.384 e. The van der Waals surface area contributed by atoms with Crippen LogP contribution >= 0.6 is 0 Å². The highest BCUT2D eigenvalue weighted by atomic mass is 16.3. The van der Waals surface area contributed by atoms with Crippen LogP contribution in [0.15, 0.2) is 60.7 Å². The number of carbonyl (C=O) groups is 1. The Labute approximate surface area is 240 Å². The van der Waals surface area contributed by atoms with Crippen molar-refractivity contribution in [2.75, 3.05) is 25.5 Å². The first-order valence-electron chi connectivity index (χ1n) is 14.4. The molecule has 0 heterocycles. The number of aliphatic hydroxyl groups excluding tert-OH is 1. The number of nitrogens with zero attached hydrogens (tertiary/aromatic N) is 1. The number of fused-ring (bicyclic) bond motifs is 1. The lowest BCUT2D eigenvalue weighted by Gasteiger charge is -2.43. The van der Waals surface area contributed by atoms with Gasteiger partial charge in [-0.05, 0) is 96.5 Å². The van der Waals surface area contributed by atoms with Gasteiger partial charge in [-0.15, -0.1) is 0 Å². The first kappa shape index (κ1) is 29.4. The summed E-state index contributed by atoms with van der Waals surface area (Å²) in [6.07, 6.45) is 2.22. The van der Waals surface area contributed by atoms with Crippen LogP contribution in [0.4, 0.5) is 5.69 Å². The van der Waals surface area contributed by atoms with Crippen molar-refractivity contribution in [1.29, 1.82) is 0 Å². The van der Waals surface area contributed by atoms with Crippen LogP contribution in [0.3, 0.4) is 0 Å². The normalized spacial score (nSPS) is 15.8. The molecule has 0 spiro atoms. The van der Waals surface area contributed by atoms with Gasteiger partial charge in [0.2, 0.25) is 0 Å². The zero-order valence-electron chi connectivity index (χ0n) is 25.2. The summed E-state index contributed by atoms with van der Waals surface area (Å²) in [6.45, 7) is 14.8. The maximum Gasteiger partial charge on any atom is 0.253 e. The van der Waals surface area contributed by atoms with Crippen molar-refractivity contribution in [2.24, 2.45) is 0 Å². The summed E-state index contributed by atoms with van der Waals surface area (Å²) in [5.41, 5.74) is 8.59. The van der Waals surface area contributed by atoms with E-state index in [1.807, 2.05) is 19.1 Å². The van der Waals surface area contributed by atoms with Crippen molar-refractivity contribution in [3.05, 3.63) is 99.6 Å². The Morgan fingerprint density at radius 3 is 2.30 bits per heavy atom. The van der Waals surface area contributed by atoms with Gasteiger partial charge in [-0.25, -0.2) is 0 Å². The molecule has 0 aliphatic heterocycles. The van der Waals surface area contributed by atoms with Gasteiger partial charge in [0.05, 0.1) is 0 Å². The Bertz CT molecular complexity index is 1410. The number of benzene rings is 3. The molecular weight excluding hydrogens is 492 g/mol. The Balaban J connectivity index is 1.62. The van der Waals surface area contributed by atoms with E-state index < -0.39 is 6.10 Å². The molecule has 1 atom stereocenters. The predicted octanol–water partition coefficient (Wildman–Crippen LogP) is 7.18. The van der Waals surface area contributed by atoms with E-state index >= 15 is 0 Å². The summed E-state index contributed by atoms with van der Waals surface area (Å²) in [6, 6.07) is 20.2. The monoisotopic (exact) mass is 536 g/mol. The highest BCUT2D eigenvalue weighted by Crippen LogP contribution is 2.49. The third-order valence-electron chi connectivity index (χ3n) is 8.41. The molecule has 0 bridgehead atoms. The van der Waals surface area contributed by atoms with Crippen LogP contribution in [0, 0.1) is 18.8 Å². The summed E-state index contributed by atoms with van der Waals surface area (Å²) >= 11 is 0. The van der Waals surface area contributed by atoms with E-state index in [-0.39, 0.29) is 16.7 Å². The van der Waals surface area contributed by atoms with Crippen molar-refractivity contribution in [3.8, 4) is 11.8 Å². The second kappa shape index (κ2) is 11.9. The van der Waals surface area contributed by atoms with E-state index in [2.05, 4.69) is 88.2 Å². The second-order valence-corrected chi connectivity index (χ2v) is 12.5. The van der Waals surface area contributed by atoms with Crippen molar-refractivity contribution in [2.45, 2.75) is 77.7 Å². The molecule has 0 aromatic heterocycles. The molecule has 4 heteroatoms. The Kier molecular flexibility index (Phi) is 8.76. The summed E-state index contributed by atoms with van der Waals surface area (Å²) < 4.78 is 0. The maximum atomic E-state index is 12.4. The van der Waals surface area contributed by atoms with Crippen LogP contribution in [0.5, 0.6) is 0 Å². The van der Waals surface area contributed by atoms with Gasteiger partial charge in [-0.1, -0.05) is 75.4 Å². The molecule has 0 saturated carbocycles. The minimum absolute atomic E-state index is 0.00934. The van der Waals surface area contributed by atoms with Gasteiger partial charge in [0.1, 0.15) is 6.10 Å². The van der Waals surface area contributed by atoms with Crippen LogP contribution in [-0.4, -0.2) is 36.1 Å². The van der Waals surface area contributed by atoms with E-state index in [1.165, 1.54) is 22.3 Å². The highest BCUT2D eigenvalue weighted by molar-refractivity contribution is 5.94. The summed E-state index contributed by atoms with van der Waals surface area (Å²) in [4.78, 5) is 14.1. The average Bonchev–Trinajstić information content (AvgIpc) is 2.94. The summed E-state index contributed by atoms with van der Waals surface area (Å²) in [5, 5.41) is 15.0. The Morgan fingerprint density at radius 2 is 1.65 bits per heavy atom. The number of aryl methyl sites for hydroxylation is 1. The zero-order chi connectivity index (χ0) is 29.1. The SMILES string of the molecule is CCN(C)C(=O)c1ccc(C#CC(O)c2cc(NCCc3ccc(C)cc3)c3c(c2)C(C)(C)CCC3(C)C)cc1. The van der Waals surface area contributed by atoms with E-state index in [0.29, 0.717) is 12.1 Å². The van der Waals surface area contributed by atoms with Gasteiger partial charge in [-0.2, -0.15) is 0 Å². The number of anilines is 1. The fourth-order valence-electron chi connectivity index (χ4n) is 5.50.